The summed E-state index contributed by atoms with van der Waals surface area (Å²) < 4.78 is 10.9. The lowest BCUT2D eigenvalue weighted by atomic mass is 10.2. The van der Waals surface area contributed by atoms with E-state index in [9.17, 15) is 0 Å². The highest BCUT2D eigenvalue weighted by Crippen LogP contribution is 2.12. The first-order valence-electron chi connectivity index (χ1n) is 6.70. The predicted molar refractivity (Wildman–Crippen MR) is 78.2 cm³/mol. The Kier molecular flexibility index (Phi) is 7.72. The molecule has 0 radical (unpaired) electrons. The Morgan fingerprint density at radius 1 is 1.37 bits per heavy atom. The number of rotatable bonds is 9. The molecule has 0 unspecified atom stereocenters. The number of hydrogen-bond acceptors (Lipinski definition) is 3. The van der Waals surface area contributed by atoms with Gasteiger partial charge < -0.3 is 14.8 Å². The Morgan fingerprint density at radius 3 is 2.95 bits per heavy atom. The Labute approximate surface area is 116 Å². The summed E-state index contributed by atoms with van der Waals surface area (Å²) in [7, 11) is 0. The van der Waals surface area contributed by atoms with Crippen LogP contribution >= 0.6 is 0 Å². The van der Waals surface area contributed by atoms with Gasteiger partial charge >= 0.3 is 0 Å². The highest BCUT2D eigenvalue weighted by atomic mass is 16.5. The van der Waals surface area contributed by atoms with Gasteiger partial charge in [0.15, 0.2) is 0 Å². The van der Waals surface area contributed by atoms with E-state index in [2.05, 4.69) is 31.2 Å². The molecule has 0 amide bonds. The summed E-state index contributed by atoms with van der Waals surface area (Å²) in [4.78, 5) is 0. The van der Waals surface area contributed by atoms with Crippen molar-refractivity contribution in [2.75, 3.05) is 19.8 Å². The third-order valence-corrected chi connectivity index (χ3v) is 2.50. The zero-order valence-corrected chi connectivity index (χ0v) is 11.8. The molecule has 0 aromatic heterocycles. The molecule has 1 aromatic rings. The van der Waals surface area contributed by atoms with Crippen LogP contribution in [0.1, 0.15) is 25.8 Å². The van der Waals surface area contributed by atoms with Crippen LogP contribution in [0.3, 0.4) is 0 Å². The van der Waals surface area contributed by atoms with Gasteiger partial charge in [0, 0.05) is 13.2 Å². The lowest BCUT2D eigenvalue weighted by Gasteiger charge is -2.09. The lowest BCUT2D eigenvalue weighted by molar-refractivity contribution is 0.0770. The maximum atomic E-state index is 5.48. The molecule has 3 heteroatoms. The average molecular weight is 261 g/mol. The monoisotopic (exact) mass is 261 g/mol. The molecule has 104 valence electrons. The second-order valence-corrected chi connectivity index (χ2v) is 4.59. The smallest absolute Gasteiger partial charge is 0.148 e. The molecule has 0 atom stereocenters. The van der Waals surface area contributed by atoms with E-state index >= 15 is 0 Å². The minimum atomic E-state index is 0.309. The summed E-state index contributed by atoms with van der Waals surface area (Å²) in [5.74, 6) is 3.28. The Morgan fingerprint density at radius 2 is 2.21 bits per heavy atom. The fourth-order valence-corrected chi connectivity index (χ4v) is 1.62. The average Bonchev–Trinajstić information content (AvgIpc) is 2.40. The van der Waals surface area contributed by atoms with Crippen molar-refractivity contribution in [1.82, 2.24) is 5.32 Å². The summed E-state index contributed by atoms with van der Waals surface area (Å²) in [5, 5.41) is 3.38. The first kappa shape index (κ1) is 15.6. The van der Waals surface area contributed by atoms with E-state index in [4.69, 9.17) is 15.9 Å². The van der Waals surface area contributed by atoms with Gasteiger partial charge in [-0.15, -0.1) is 6.42 Å². The quantitative estimate of drug-likeness (QED) is 0.547. The number of terminal acetylenes is 1. The van der Waals surface area contributed by atoms with Gasteiger partial charge in [-0.05, 0) is 44.5 Å². The van der Waals surface area contributed by atoms with Gasteiger partial charge in [0.2, 0.25) is 0 Å². The molecule has 0 saturated heterocycles. The van der Waals surface area contributed by atoms with Crippen LogP contribution < -0.4 is 10.1 Å². The number of hydrogen-bond donors (Lipinski definition) is 1. The van der Waals surface area contributed by atoms with Gasteiger partial charge in [0.1, 0.15) is 12.4 Å². The van der Waals surface area contributed by atoms with Crippen LogP contribution in [0, 0.1) is 12.3 Å². The molecule has 0 fully saturated rings. The fourth-order valence-electron chi connectivity index (χ4n) is 1.62. The molecule has 1 rings (SSSR count). The van der Waals surface area contributed by atoms with E-state index in [1.54, 1.807) is 0 Å². The molecule has 0 saturated carbocycles. The largest absolute Gasteiger partial charge is 0.481 e. The molecule has 0 aliphatic carbocycles. The van der Waals surface area contributed by atoms with Gasteiger partial charge in [-0.25, -0.2) is 0 Å². The standard InChI is InChI=1S/C16H23NO2/c1-4-10-19-16-8-5-7-15(12-16)13-17-9-6-11-18-14(2)3/h1,5,7-8,12,14,17H,6,9-11,13H2,2-3H3. The number of ether oxygens (including phenoxy) is 2. The molecular weight excluding hydrogens is 238 g/mol. The highest BCUT2D eigenvalue weighted by molar-refractivity contribution is 5.28. The molecule has 1 N–H and O–H groups in total. The predicted octanol–water partition coefficient (Wildman–Crippen LogP) is 2.60. The lowest BCUT2D eigenvalue weighted by Crippen LogP contribution is -2.17. The third-order valence-electron chi connectivity index (χ3n) is 2.50. The Bertz CT molecular complexity index is 396. The van der Waals surface area contributed by atoms with Crippen LogP contribution in [-0.2, 0) is 11.3 Å². The van der Waals surface area contributed by atoms with Gasteiger partial charge in [-0.1, -0.05) is 18.1 Å². The molecule has 0 aliphatic rings. The van der Waals surface area contributed by atoms with E-state index in [1.807, 2.05) is 18.2 Å². The Balaban J connectivity index is 2.20. The first-order valence-corrected chi connectivity index (χ1v) is 6.70. The molecule has 0 aliphatic heterocycles. The van der Waals surface area contributed by atoms with Gasteiger partial charge in [-0.2, -0.15) is 0 Å². The summed E-state index contributed by atoms with van der Waals surface area (Å²) >= 11 is 0. The van der Waals surface area contributed by atoms with Gasteiger partial charge in [0.05, 0.1) is 6.10 Å². The van der Waals surface area contributed by atoms with E-state index in [0.29, 0.717) is 12.7 Å². The molecule has 0 spiro atoms. The maximum absolute atomic E-state index is 5.48. The SMILES string of the molecule is C#CCOc1cccc(CNCCCOC(C)C)c1. The van der Waals surface area contributed by atoms with Crippen molar-refractivity contribution < 1.29 is 9.47 Å². The molecule has 3 nitrogen and oxygen atoms in total. The van der Waals surface area contributed by atoms with E-state index in [0.717, 1.165) is 31.9 Å². The maximum Gasteiger partial charge on any atom is 0.148 e. The van der Waals surface area contributed by atoms with Crippen molar-refractivity contribution in [1.29, 1.82) is 0 Å². The topological polar surface area (TPSA) is 30.5 Å². The van der Waals surface area contributed by atoms with Crippen LogP contribution in [0.5, 0.6) is 5.75 Å². The second-order valence-electron chi connectivity index (χ2n) is 4.59. The van der Waals surface area contributed by atoms with Crippen molar-refractivity contribution in [3.63, 3.8) is 0 Å². The van der Waals surface area contributed by atoms with Crippen LogP contribution in [0.4, 0.5) is 0 Å². The van der Waals surface area contributed by atoms with Gasteiger partial charge in [0.25, 0.3) is 0 Å². The summed E-state index contributed by atoms with van der Waals surface area (Å²) in [5.41, 5.74) is 1.19. The molecule has 0 bridgehead atoms. The van der Waals surface area contributed by atoms with Crippen LogP contribution in [0.15, 0.2) is 24.3 Å². The van der Waals surface area contributed by atoms with Crippen LogP contribution in [0.25, 0.3) is 0 Å². The summed E-state index contributed by atoms with van der Waals surface area (Å²) in [6, 6.07) is 7.97. The number of benzene rings is 1. The summed E-state index contributed by atoms with van der Waals surface area (Å²) in [6.07, 6.45) is 6.49. The zero-order valence-electron chi connectivity index (χ0n) is 11.8. The van der Waals surface area contributed by atoms with E-state index < -0.39 is 0 Å². The van der Waals surface area contributed by atoms with Crippen LogP contribution in [0.2, 0.25) is 0 Å². The molecule has 1 aromatic carbocycles. The molecule has 0 heterocycles. The molecule has 19 heavy (non-hydrogen) atoms. The highest BCUT2D eigenvalue weighted by Gasteiger charge is 1.97. The first-order chi connectivity index (χ1) is 9.22. The normalized spacial score (nSPS) is 10.4. The number of nitrogens with one attached hydrogen (secondary N) is 1. The van der Waals surface area contributed by atoms with Crippen molar-refractivity contribution in [2.45, 2.75) is 32.9 Å². The third kappa shape index (κ3) is 7.50. The van der Waals surface area contributed by atoms with Gasteiger partial charge in [-0.3, -0.25) is 0 Å². The zero-order chi connectivity index (χ0) is 13.9. The van der Waals surface area contributed by atoms with Crippen molar-refractivity contribution >= 4 is 0 Å². The summed E-state index contributed by atoms with van der Waals surface area (Å²) in [6.45, 7) is 6.99. The van der Waals surface area contributed by atoms with E-state index in [-0.39, 0.29) is 0 Å². The van der Waals surface area contributed by atoms with E-state index in [1.165, 1.54) is 5.56 Å². The Hall–Kier alpha value is -1.50. The molecular formula is C16H23NO2. The van der Waals surface area contributed by atoms with Crippen LogP contribution in [-0.4, -0.2) is 25.9 Å². The van der Waals surface area contributed by atoms with Crippen molar-refractivity contribution in [3.05, 3.63) is 29.8 Å². The van der Waals surface area contributed by atoms with Crippen molar-refractivity contribution in [2.24, 2.45) is 0 Å². The minimum absolute atomic E-state index is 0.309. The van der Waals surface area contributed by atoms with Crippen molar-refractivity contribution in [3.8, 4) is 18.1 Å². The second kappa shape index (κ2) is 9.43. The minimum Gasteiger partial charge on any atom is -0.481 e. The fraction of sp³-hybridized carbons (Fsp3) is 0.500.